The molecule has 1 amide bonds. The minimum absolute atomic E-state index is 0.129. The summed E-state index contributed by atoms with van der Waals surface area (Å²) < 4.78 is 0. The second kappa shape index (κ2) is 6.91. The molecule has 3 nitrogen and oxygen atoms in total. The van der Waals surface area contributed by atoms with Crippen molar-refractivity contribution in [2.75, 3.05) is 6.54 Å². The van der Waals surface area contributed by atoms with Gasteiger partial charge in [0.1, 0.15) is 0 Å². The number of carbonyl (C=O) groups excluding carboxylic acids is 1. The van der Waals surface area contributed by atoms with Gasteiger partial charge >= 0.3 is 0 Å². The lowest BCUT2D eigenvalue weighted by molar-refractivity contribution is 0.0637. The van der Waals surface area contributed by atoms with Crippen molar-refractivity contribution < 1.29 is 4.79 Å². The number of fused-ring (bicyclic) bond motifs is 1. The van der Waals surface area contributed by atoms with E-state index in [9.17, 15) is 4.79 Å². The van der Waals surface area contributed by atoms with Crippen molar-refractivity contribution in [2.45, 2.75) is 39.2 Å². The van der Waals surface area contributed by atoms with E-state index in [-0.39, 0.29) is 5.91 Å². The summed E-state index contributed by atoms with van der Waals surface area (Å²) in [5.41, 5.74) is 4.74. The zero-order valence-corrected chi connectivity index (χ0v) is 15.4. The summed E-state index contributed by atoms with van der Waals surface area (Å²) in [6.07, 6.45) is 3.37. The number of likely N-dealkylation sites (tertiary alicyclic amines) is 1. The maximum Gasteiger partial charge on any atom is 0.254 e. The van der Waals surface area contributed by atoms with Gasteiger partial charge < -0.3 is 4.90 Å². The smallest absolute Gasteiger partial charge is 0.254 e. The summed E-state index contributed by atoms with van der Waals surface area (Å²) in [7, 11) is 0. The molecule has 3 aromatic rings. The molecule has 1 fully saturated rings. The Morgan fingerprint density at radius 3 is 2.73 bits per heavy atom. The summed E-state index contributed by atoms with van der Waals surface area (Å²) in [6.45, 7) is 5.07. The van der Waals surface area contributed by atoms with Gasteiger partial charge in [0.15, 0.2) is 0 Å². The molecule has 4 rings (SSSR count). The Morgan fingerprint density at radius 2 is 1.92 bits per heavy atom. The molecule has 3 heteroatoms. The minimum atomic E-state index is 0.129. The minimum Gasteiger partial charge on any atom is -0.336 e. The Balaban J connectivity index is 1.86. The van der Waals surface area contributed by atoms with Gasteiger partial charge in [-0.25, -0.2) is 4.98 Å². The summed E-state index contributed by atoms with van der Waals surface area (Å²) in [5.74, 6) is 0.129. The van der Waals surface area contributed by atoms with E-state index in [0.717, 1.165) is 47.1 Å². The lowest BCUT2D eigenvalue weighted by Gasteiger charge is -2.33. The topological polar surface area (TPSA) is 33.2 Å². The normalized spacial score (nSPS) is 17.5. The highest BCUT2D eigenvalue weighted by Gasteiger charge is 2.26. The van der Waals surface area contributed by atoms with E-state index in [1.165, 1.54) is 12.0 Å². The van der Waals surface area contributed by atoms with Gasteiger partial charge in [-0.1, -0.05) is 42.0 Å². The molecule has 0 spiro atoms. The van der Waals surface area contributed by atoms with Crippen LogP contribution in [0.15, 0.2) is 54.6 Å². The molecular formula is C23H24N2O. The van der Waals surface area contributed by atoms with Crippen molar-refractivity contribution in [1.29, 1.82) is 0 Å². The molecule has 26 heavy (non-hydrogen) atoms. The first-order valence-electron chi connectivity index (χ1n) is 9.41. The standard InChI is InChI=1S/C23H24N2O/c1-16-8-7-10-18(14-16)22-15-20(19-11-3-4-12-21(19)24-22)23(26)25-13-6-5-9-17(25)2/h3-4,7-8,10-12,14-15,17H,5-6,9,13H2,1-2H3/t17-/m0/s1. The van der Waals surface area contributed by atoms with Crippen LogP contribution >= 0.6 is 0 Å². The number of hydrogen-bond acceptors (Lipinski definition) is 2. The van der Waals surface area contributed by atoms with E-state index in [2.05, 4.69) is 32.0 Å². The van der Waals surface area contributed by atoms with Crippen LogP contribution in [0, 0.1) is 6.92 Å². The number of carbonyl (C=O) groups is 1. The molecule has 0 radical (unpaired) electrons. The molecule has 1 saturated heterocycles. The zero-order valence-electron chi connectivity index (χ0n) is 15.4. The predicted molar refractivity (Wildman–Crippen MR) is 106 cm³/mol. The average Bonchev–Trinajstić information content (AvgIpc) is 2.67. The van der Waals surface area contributed by atoms with E-state index in [0.29, 0.717) is 6.04 Å². The molecule has 2 heterocycles. The number of amides is 1. The van der Waals surface area contributed by atoms with Crippen LogP contribution in [-0.4, -0.2) is 28.4 Å². The van der Waals surface area contributed by atoms with Gasteiger partial charge in [-0.15, -0.1) is 0 Å². The van der Waals surface area contributed by atoms with Crippen LogP contribution in [0.25, 0.3) is 22.2 Å². The van der Waals surface area contributed by atoms with E-state index in [1.807, 2.05) is 41.3 Å². The van der Waals surface area contributed by atoms with Gasteiger partial charge in [0, 0.05) is 23.5 Å². The SMILES string of the molecule is Cc1cccc(-c2cc(C(=O)N3CCCC[C@@H]3C)c3ccccc3n2)c1. The molecular weight excluding hydrogens is 320 g/mol. The fourth-order valence-electron chi connectivity index (χ4n) is 3.86. The van der Waals surface area contributed by atoms with Gasteiger partial charge in [0.2, 0.25) is 0 Å². The van der Waals surface area contributed by atoms with Crippen molar-refractivity contribution in [1.82, 2.24) is 9.88 Å². The Kier molecular flexibility index (Phi) is 4.46. The molecule has 0 N–H and O–H groups in total. The van der Waals surface area contributed by atoms with Crippen LogP contribution < -0.4 is 0 Å². The molecule has 0 bridgehead atoms. The number of aromatic nitrogens is 1. The third-order valence-electron chi connectivity index (χ3n) is 5.32. The average molecular weight is 344 g/mol. The molecule has 1 aliphatic heterocycles. The molecule has 2 aromatic carbocycles. The molecule has 1 atom stereocenters. The van der Waals surface area contributed by atoms with Crippen molar-refractivity contribution in [3.05, 3.63) is 65.7 Å². The first-order chi connectivity index (χ1) is 12.6. The lowest BCUT2D eigenvalue weighted by atomic mass is 9.99. The molecule has 0 saturated carbocycles. The second-order valence-electron chi connectivity index (χ2n) is 7.29. The number of para-hydroxylation sites is 1. The molecule has 0 aliphatic carbocycles. The Hall–Kier alpha value is -2.68. The highest BCUT2D eigenvalue weighted by Crippen LogP contribution is 2.28. The third-order valence-corrected chi connectivity index (χ3v) is 5.32. The highest BCUT2D eigenvalue weighted by atomic mass is 16.2. The number of hydrogen-bond donors (Lipinski definition) is 0. The third kappa shape index (κ3) is 3.10. The van der Waals surface area contributed by atoms with Crippen LogP contribution in [0.3, 0.4) is 0 Å². The number of benzene rings is 2. The first-order valence-corrected chi connectivity index (χ1v) is 9.41. The van der Waals surface area contributed by atoms with E-state index < -0.39 is 0 Å². The number of rotatable bonds is 2. The van der Waals surface area contributed by atoms with E-state index >= 15 is 0 Å². The quantitative estimate of drug-likeness (QED) is 0.638. The van der Waals surface area contributed by atoms with Crippen LogP contribution in [-0.2, 0) is 0 Å². The van der Waals surface area contributed by atoms with E-state index in [4.69, 9.17) is 4.98 Å². The zero-order chi connectivity index (χ0) is 18.1. The summed E-state index contributed by atoms with van der Waals surface area (Å²) >= 11 is 0. The molecule has 1 aromatic heterocycles. The van der Waals surface area contributed by atoms with Gasteiger partial charge in [-0.3, -0.25) is 4.79 Å². The lowest BCUT2D eigenvalue weighted by Crippen LogP contribution is -2.42. The van der Waals surface area contributed by atoms with Crippen LogP contribution in [0.2, 0.25) is 0 Å². The fourth-order valence-corrected chi connectivity index (χ4v) is 3.86. The largest absolute Gasteiger partial charge is 0.336 e. The fraction of sp³-hybridized carbons (Fsp3) is 0.304. The maximum atomic E-state index is 13.4. The Morgan fingerprint density at radius 1 is 1.08 bits per heavy atom. The van der Waals surface area contributed by atoms with Crippen LogP contribution in [0.1, 0.15) is 42.1 Å². The van der Waals surface area contributed by atoms with Crippen molar-refractivity contribution in [3.63, 3.8) is 0 Å². The molecule has 1 aliphatic rings. The van der Waals surface area contributed by atoms with Gasteiger partial charge in [-0.2, -0.15) is 0 Å². The Bertz CT molecular complexity index is 963. The van der Waals surface area contributed by atoms with Gasteiger partial charge in [0.25, 0.3) is 5.91 Å². The summed E-state index contributed by atoms with van der Waals surface area (Å²) in [5, 5.41) is 0.937. The monoisotopic (exact) mass is 344 g/mol. The van der Waals surface area contributed by atoms with Crippen molar-refractivity contribution >= 4 is 16.8 Å². The second-order valence-corrected chi connectivity index (χ2v) is 7.29. The maximum absolute atomic E-state index is 13.4. The number of pyridine rings is 1. The van der Waals surface area contributed by atoms with Crippen LogP contribution in [0.5, 0.6) is 0 Å². The molecule has 132 valence electrons. The van der Waals surface area contributed by atoms with Crippen LogP contribution in [0.4, 0.5) is 0 Å². The van der Waals surface area contributed by atoms with Crippen molar-refractivity contribution in [2.24, 2.45) is 0 Å². The van der Waals surface area contributed by atoms with Gasteiger partial charge in [0.05, 0.1) is 16.8 Å². The first kappa shape index (κ1) is 16.8. The summed E-state index contributed by atoms with van der Waals surface area (Å²) in [4.78, 5) is 20.2. The van der Waals surface area contributed by atoms with Gasteiger partial charge in [-0.05, 0) is 51.3 Å². The highest BCUT2D eigenvalue weighted by molar-refractivity contribution is 6.07. The van der Waals surface area contributed by atoms with E-state index in [1.54, 1.807) is 0 Å². The number of nitrogens with zero attached hydrogens (tertiary/aromatic N) is 2. The molecule has 0 unspecified atom stereocenters. The van der Waals surface area contributed by atoms with Crippen molar-refractivity contribution in [3.8, 4) is 11.3 Å². The predicted octanol–water partition coefficient (Wildman–Crippen LogP) is 5.22. The number of piperidine rings is 1. The summed E-state index contributed by atoms with van der Waals surface area (Å²) in [6, 6.07) is 18.5. The Labute approximate surface area is 154 Å². The number of aryl methyl sites for hydroxylation is 1.